The highest BCUT2D eigenvalue weighted by atomic mass is 16.6. The number of esters is 1. The number of benzene rings is 1. The van der Waals surface area contributed by atoms with E-state index in [1.165, 1.54) is 11.9 Å². The average Bonchev–Trinajstić information content (AvgIpc) is 2.75. The lowest BCUT2D eigenvalue weighted by Crippen LogP contribution is -2.54. The summed E-state index contributed by atoms with van der Waals surface area (Å²) in [5, 5.41) is 5.42. The maximum Gasteiger partial charge on any atom is 0.408 e. The maximum atomic E-state index is 13.6. The van der Waals surface area contributed by atoms with Gasteiger partial charge in [0.15, 0.2) is 0 Å². The maximum absolute atomic E-state index is 13.6. The number of ether oxygens (including phenoxy) is 2. The van der Waals surface area contributed by atoms with Crippen molar-refractivity contribution in [2.24, 2.45) is 5.92 Å². The first kappa shape index (κ1) is 29.9. The van der Waals surface area contributed by atoms with E-state index in [9.17, 15) is 19.2 Å². The molecule has 0 fully saturated rings. The van der Waals surface area contributed by atoms with Crippen LogP contribution < -0.4 is 10.6 Å². The molecule has 9 nitrogen and oxygen atoms in total. The number of amides is 3. The van der Waals surface area contributed by atoms with Crippen LogP contribution in [0.3, 0.4) is 0 Å². The quantitative estimate of drug-likeness (QED) is 0.458. The fourth-order valence-corrected chi connectivity index (χ4v) is 3.47. The zero-order chi connectivity index (χ0) is 26.8. The first-order valence-electron chi connectivity index (χ1n) is 12.1. The van der Waals surface area contributed by atoms with E-state index in [2.05, 4.69) is 10.6 Å². The monoisotopic (exact) mass is 491 g/mol. The summed E-state index contributed by atoms with van der Waals surface area (Å²) >= 11 is 0. The Morgan fingerprint density at radius 1 is 1.11 bits per heavy atom. The van der Waals surface area contributed by atoms with Gasteiger partial charge in [0.1, 0.15) is 17.7 Å². The molecule has 0 spiro atoms. The van der Waals surface area contributed by atoms with Gasteiger partial charge in [0.25, 0.3) is 0 Å². The molecule has 0 saturated carbocycles. The van der Waals surface area contributed by atoms with Crippen molar-refractivity contribution >= 4 is 23.9 Å². The molecule has 0 aliphatic rings. The van der Waals surface area contributed by atoms with Gasteiger partial charge in [-0.25, -0.2) is 4.79 Å². The van der Waals surface area contributed by atoms with Crippen LogP contribution in [0.15, 0.2) is 24.3 Å². The van der Waals surface area contributed by atoms with E-state index in [1.54, 1.807) is 33.8 Å². The van der Waals surface area contributed by atoms with Crippen molar-refractivity contribution in [1.29, 1.82) is 0 Å². The molecular weight excluding hydrogens is 450 g/mol. The van der Waals surface area contributed by atoms with Gasteiger partial charge in [-0.3, -0.25) is 14.4 Å². The number of hydrogen-bond acceptors (Lipinski definition) is 6. The van der Waals surface area contributed by atoms with Crippen LogP contribution in [0.5, 0.6) is 0 Å². The van der Waals surface area contributed by atoms with Crippen LogP contribution in [0.1, 0.15) is 71.6 Å². The molecule has 196 valence electrons. The first-order chi connectivity index (χ1) is 16.3. The molecule has 3 unspecified atom stereocenters. The molecule has 0 aliphatic carbocycles. The molecule has 0 bridgehead atoms. The number of carbonyl (C=O) groups excluding carboxylic acids is 4. The van der Waals surface area contributed by atoms with Gasteiger partial charge in [0, 0.05) is 13.6 Å². The SMILES string of the molecule is CCOC(=O)CCNC(=O)C(c1cccc(C)c1)N(C)C(=O)C(NC(=O)OC(C)(C)C)C(C)CC. The number of carbonyl (C=O) groups is 4. The molecule has 35 heavy (non-hydrogen) atoms. The third-order valence-corrected chi connectivity index (χ3v) is 5.43. The molecule has 3 atom stereocenters. The summed E-state index contributed by atoms with van der Waals surface area (Å²) in [4.78, 5) is 52.3. The van der Waals surface area contributed by atoms with Gasteiger partial charge < -0.3 is 25.0 Å². The van der Waals surface area contributed by atoms with Crippen LogP contribution in [0, 0.1) is 12.8 Å². The summed E-state index contributed by atoms with van der Waals surface area (Å²) in [5.74, 6) is -1.47. The number of nitrogens with zero attached hydrogens (tertiary/aromatic N) is 1. The summed E-state index contributed by atoms with van der Waals surface area (Å²) in [6, 6.07) is 5.46. The minimum atomic E-state index is -0.961. The minimum absolute atomic E-state index is 0.0213. The molecule has 1 aromatic rings. The predicted octanol–water partition coefficient (Wildman–Crippen LogP) is 3.50. The van der Waals surface area contributed by atoms with Gasteiger partial charge in [-0.15, -0.1) is 0 Å². The predicted molar refractivity (Wildman–Crippen MR) is 134 cm³/mol. The third kappa shape index (κ3) is 9.96. The molecule has 9 heteroatoms. The lowest BCUT2D eigenvalue weighted by Gasteiger charge is -2.33. The topological polar surface area (TPSA) is 114 Å². The molecular formula is C26H41N3O6. The third-order valence-electron chi connectivity index (χ3n) is 5.43. The minimum Gasteiger partial charge on any atom is -0.466 e. The van der Waals surface area contributed by atoms with Gasteiger partial charge in [-0.05, 0) is 46.1 Å². The lowest BCUT2D eigenvalue weighted by molar-refractivity contribution is -0.144. The van der Waals surface area contributed by atoms with Gasteiger partial charge in [-0.2, -0.15) is 0 Å². The second kappa shape index (κ2) is 13.7. The highest BCUT2D eigenvalue weighted by Crippen LogP contribution is 2.24. The van der Waals surface area contributed by atoms with Crippen molar-refractivity contribution in [2.75, 3.05) is 20.2 Å². The van der Waals surface area contributed by atoms with Crippen molar-refractivity contribution in [3.63, 3.8) is 0 Å². The van der Waals surface area contributed by atoms with Crippen LogP contribution in [0.25, 0.3) is 0 Å². The highest BCUT2D eigenvalue weighted by Gasteiger charge is 2.36. The van der Waals surface area contributed by atoms with Gasteiger partial charge in [-0.1, -0.05) is 50.1 Å². The Morgan fingerprint density at radius 3 is 2.31 bits per heavy atom. The van der Waals surface area contributed by atoms with Crippen LogP contribution >= 0.6 is 0 Å². The van der Waals surface area contributed by atoms with Crippen LogP contribution in [0.2, 0.25) is 0 Å². The van der Waals surface area contributed by atoms with Crippen LogP contribution in [-0.4, -0.2) is 60.6 Å². The Balaban J connectivity index is 3.19. The van der Waals surface area contributed by atoms with E-state index in [0.717, 1.165) is 5.56 Å². The zero-order valence-corrected chi connectivity index (χ0v) is 22.3. The number of alkyl carbamates (subject to hydrolysis) is 1. The molecule has 2 N–H and O–H groups in total. The fraction of sp³-hybridized carbons (Fsp3) is 0.615. The largest absolute Gasteiger partial charge is 0.466 e. The summed E-state index contributed by atoms with van der Waals surface area (Å²) in [7, 11) is 1.53. The van der Waals surface area contributed by atoms with Crippen molar-refractivity contribution in [1.82, 2.24) is 15.5 Å². The number of hydrogen-bond donors (Lipinski definition) is 2. The molecule has 0 saturated heterocycles. The molecule has 1 aromatic carbocycles. The Bertz CT molecular complexity index is 880. The Morgan fingerprint density at radius 2 is 1.77 bits per heavy atom. The fourth-order valence-electron chi connectivity index (χ4n) is 3.47. The van der Waals surface area contributed by atoms with Crippen molar-refractivity contribution in [2.45, 2.75) is 79.0 Å². The smallest absolute Gasteiger partial charge is 0.408 e. The summed E-state index contributed by atoms with van der Waals surface area (Å²) in [6.07, 6.45) is -0.0514. The Labute approximate surface area is 208 Å². The second-order valence-corrected chi connectivity index (χ2v) is 9.62. The molecule has 0 radical (unpaired) electrons. The Kier molecular flexibility index (Phi) is 11.7. The van der Waals surface area contributed by atoms with Crippen molar-refractivity contribution in [3.8, 4) is 0 Å². The van der Waals surface area contributed by atoms with E-state index >= 15 is 0 Å². The van der Waals surface area contributed by atoms with Gasteiger partial charge in [0.05, 0.1) is 13.0 Å². The van der Waals surface area contributed by atoms with E-state index in [1.807, 2.05) is 39.0 Å². The number of likely N-dealkylation sites (N-methyl/N-ethyl adjacent to an activating group) is 1. The molecule has 0 aromatic heterocycles. The van der Waals surface area contributed by atoms with E-state index in [4.69, 9.17) is 9.47 Å². The van der Waals surface area contributed by atoms with E-state index in [-0.39, 0.29) is 25.5 Å². The van der Waals surface area contributed by atoms with Crippen LogP contribution in [-0.2, 0) is 23.9 Å². The van der Waals surface area contributed by atoms with Crippen molar-refractivity contribution < 1.29 is 28.7 Å². The van der Waals surface area contributed by atoms with Crippen LogP contribution in [0.4, 0.5) is 4.79 Å². The van der Waals surface area contributed by atoms with Gasteiger partial charge >= 0.3 is 12.1 Å². The summed E-state index contributed by atoms with van der Waals surface area (Å²) < 4.78 is 10.3. The van der Waals surface area contributed by atoms with Gasteiger partial charge in [0.2, 0.25) is 11.8 Å². The standard InChI is InChI=1S/C26H41N3O6/c1-9-18(4)21(28-25(33)35-26(5,6)7)24(32)29(8)22(19-13-11-12-17(3)16-19)23(31)27-15-14-20(30)34-10-2/h11-13,16,18,21-22H,9-10,14-15H2,1-8H3,(H,27,31)(H,28,33). The second-order valence-electron chi connectivity index (χ2n) is 9.62. The first-order valence-corrected chi connectivity index (χ1v) is 12.1. The van der Waals surface area contributed by atoms with E-state index < -0.39 is 41.6 Å². The summed E-state index contributed by atoms with van der Waals surface area (Å²) in [6.45, 7) is 13.0. The number of aryl methyl sites for hydroxylation is 1. The van der Waals surface area contributed by atoms with E-state index in [0.29, 0.717) is 12.0 Å². The normalized spacial score (nSPS) is 13.7. The van der Waals surface area contributed by atoms with Crippen molar-refractivity contribution in [3.05, 3.63) is 35.4 Å². The number of nitrogens with one attached hydrogen (secondary N) is 2. The molecule has 0 heterocycles. The molecule has 3 amide bonds. The summed E-state index contributed by atoms with van der Waals surface area (Å²) in [5.41, 5.74) is 0.828. The Hall–Kier alpha value is -3.10. The average molecular weight is 492 g/mol. The molecule has 0 aliphatic heterocycles. The zero-order valence-electron chi connectivity index (χ0n) is 22.3. The number of rotatable bonds is 11. The lowest BCUT2D eigenvalue weighted by atomic mass is 9.96. The molecule has 1 rings (SSSR count). The highest BCUT2D eigenvalue weighted by molar-refractivity contribution is 5.92.